The molecular formula is C9H13N3OS. The topological polar surface area (TPSA) is 64.4 Å². The first-order valence-corrected chi connectivity index (χ1v) is 4.89. The van der Waals surface area contributed by atoms with Gasteiger partial charge < -0.3 is 15.0 Å². The van der Waals surface area contributed by atoms with Gasteiger partial charge in [-0.15, -0.1) is 0 Å². The monoisotopic (exact) mass is 211 g/mol. The summed E-state index contributed by atoms with van der Waals surface area (Å²) in [7, 11) is 0. The minimum Gasteiger partial charge on any atom is -0.329 e. The molecule has 0 aromatic carbocycles. The highest BCUT2D eigenvalue weighted by molar-refractivity contribution is 7.71. The van der Waals surface area contributed by atoms with Gasteiger partial charge in [0.2, 0.25) is 5.56 Å². The quantitative estimate of drug-likeness (QED) is 0.585. The molecule has 0 spiro atoms. The molecule has 0 aliphatic carbocycles. The highest BCUT2D eigenvalue weighted by Crippen LogP contribution is 2.01. The van der Waals surface area contributed by atoms with Crippen molar-refractivity contribution in [3.8, 4) is 0 Å². The zero-order valence-corrected chi connectivity index (χ0v) is 8.99. The van der Waals surface area contributed by atoms with E-state index in [1.807, 2.05) is 0 Å². The molecule has 0 aliphatic rings. The average Bonchev–Trinajstić information content (AvgIpc) is 2.45. The Morgan fingerprint density at radius 1 is 1.21 bits per heavy atom. The summed E-state index contributed by atoms with van der Waals surface area (Å²) in [6.45, 7) is 4.25. The first-order valence-electron chi connectivity index (χ1n) is 4.48. The minimum absolute atomic E-state index is 0.136. The molecule has 76 valence electrons. The van der Waals surface area contributed by atoms with E-state index in [0.29, 0.717) is 10.4 Å². The van der Waals surface area contributed by atoms with Crippen LogP contribution in [0, 0.1) is 4.77 Å². The third-order valence-electron chi connectivity index (χ3n) is 1.41. The largest absolute Gasteiger partial charge is 0.329 e. The Balaban J connectivity index is 0.000000293. The number of rotatable bonds is 0. The van der Waals surface area contributed by atoms with Crippen molar-refractivity contribution < 1.29 is 0 Å². The lowest BCUT2D eigenvalue weighted by Gasteiger charge is -1.83. The Hall–Kier alpha value is -1.36. The minimum atomic E-state index is -0.136. The van der Waals surface area contributed by atoms with Gasteiger partial charge in [-0.2, -0.15) is 0 Å². The van der Waals surface area contributed by atoms with Crippen LogP contribution in [-0.2, 0) is 0 Å². The van der Waals surface area contributed by atoms with Crippen LogP contribution in [0.5, 0.6) is 0 Å². The van der Waals surface area contributed by atoms with Gasteiger partial charge in [0.05, 0.1) is 5.52 Å². The summed E-state index contributed by atoms with van der Waals surface area (Å²) in [4.78, 5) is 19.0. The second kappa shape index (κ2) is 4.76. The lowest BCUT2D eigenvalue weighted by Crippen LogP contribution is -2.01. The molecule has 5 heteroatoms. The van der Waals surface area contributed by atoms with Gasteiger partial charge in [0.1, 0.15) is 5.65 Å². The van der Waals surface area contributed by atoms with Gasteiger partial charge in [-0.3, -0.25) is 4.79 Å². The SMILES string of the molecule is CCC.O=c1ccc2[nH]c(=S)[nH]c2[nH]1. The molecule has 2 rings (SSSR count). The molecule has 0 unspecified atom stereocenters. The van der Waals surface area contributed by atoms with E-state index in [4.69, 9.17) is 12.2 Å². The van der Waals surface area contributed by atoms with Crippen molar-refractivity contribution in [2.75, 3.05) is 0 Å². The van der Waals surface area contributed by atoms with Gasteiger partial charge in [0.15, 0.2) is 4.77 Å². The number of aromatic amines is 3. The number of hydrogen-bond acceptors (Lipinski definition) is 2. The zero-order chi connectivity index (χ0) is 10.6. The number of imidazole rings is 1. The summed E-state index contributed by atoms with van der Waals surface area (Å²) in [5.41, 5.74) is 1.32. The lowest BCUT2D eigenvalue weighted by atomic mass is 10.4. The van der Waals surface area contributed by atoms with E-state index >= 15 is 0 Å². The van der Waals surface area contributed by atoms with Gasteiger partial charge in [0, 0.05) is 6.07 Å². The van der Waals surface area contributed by atoms with Crippen molar-refractivity contribution in [2.45, 2.75) is 20.3 Å². The number of aromatic nitrogens is 3. The van der Waals surface area contributed by atoms with E-state index < -0.39 is 0 Å². The highest BCUT2D eigenvalue weighted by Gasteiger charge is 1.93. The van der Waals surface area contributed by atoms with E-state index in [0.717, 1.165) is 5.52 Å². The first kappa shape index (κ1) is 10.7. The number of fused-ring (bicyclic) bond motifs is 1. The predicted molar refractivity (Wildman–Crippen MR) is 60.1 cm³/mol. The summed E-state index contributed by atoms with van der Waals surface area (Å²) in [6.07, 6.45) is 1.25. The van der Waals surface area contributed by atoms with E-state index in [9.17, 15) is 4.79 Å². The molecule has 0 amide bonds. The second-order valence-electron chi connectivity index (χ2n) is 2.90. The molecule has 0 atom stereocenters. The summed E-state index contributed by atoms with van der Waals surface area (Å²) in [5.74, 6) is 0. The van der Waals surface area contributed by atoms with Crippen molar-refractivity contribution in [2.24, 2.45) is 0 Å². The van der Waals surface area contributed by atoms with Crippen molar-refractivity contribution >= 4 is 23.4 Å². The Morgan fingerprint density at radius 3 is 2.50 bits per heavy atom. The van der Waals surface area contributed by atoms with Crippen molar-refractivity contribution in [3.63, 3.8) is 0 Å². The van der Waals surface area contributed by atoms with Gasteiger partial charge in [0.25, 0.3) is 0 Å². The van der Waals surface area contributed by atoms with E-state index in [-0.39, 0.29) is 5.56 Å². The number of H-pyrrole nitrogens is 3. The lowest BCUT2D eigenvalue weighted by molar-refractivity contribution is 1.09. The summed E-state index contributed by atoms with van der Waals surface area (Å²) in [5, 5.41) is 0. The molecule has 2 heterocycles. The van der Waals surface area contributed by atoms with Gasteiger partial charge >= 0.3 is 0 Å². The molecule has 0 fully saturated rings. The molecule has 3 N–H and O–H groups in total. The van der Waals surface area contributed by atoms with Crippen LogP contribution in [0.2, 0.25) is 0 Å². The van der Waals surface area contributed by atoms with Gasteiger partial charge in [-0.25, -0.2) is 0 Å². The predicted octanol–water partition coefficient (Wildman–Crippen LogP) is 2.33. The van der Waals surface area contributed by atoms with Crippen molar-refractivity contribution in [3.05, 3.63) is 27.3 Å². The second-order valence-corrected chi connectivity index (χ2v) is 3.31. The van der Waals surface area contributed by atoms with Crippen LogP contribution in [0.15, 0.2) is 16.9 Å². The Kier molecular flexibility index (Phi) is 3.64. The van der Waals surface area contributed by atoms with Gasteiger partial charge in [-0.05, 0) is 18.3 Å². The fraction of sp³-hybridized carbons (Fsp3) is 0.333. The standard InChI is InChI=1S/C6H5N3OS.C3H8/c10-4-2-1-3-5(8-4)9-6(11)7-3;1-3-2/h1-2H,(H3,7,8,9,10,11);3H2,1-2H3. The van der Waals surface area contributed by atoms with Crippen LogP contribution in [0.4, 0.5) is 0 Å². The van der Waals surface area contributed by atoms with Crippen LogP contribution < -0.4 is 5.56 Å². The van der Waals surface area contributed by atoms with E-state index in [1.54, 1.807) is 6.07 Å². The molecule has 0 bridgehead atoms. The molecule has 2 aromatic rings. The molecule has 0 saturated carbocycles. The maximum absolute atomic E-state index is 10.8. The molecule has 0 radical (unpaired) electrons. The van der Waals surface area contributed by atoms with E-state index in [2.05, 4.69) is 28.8 Å². The number of pyridine rings is 1. The van der Waals surface area contributed by atoms with Crippen molar-refractivity contribution in [1.29, 1.82) is 0 Å². The molecule has 0 aliphatic heterocycles. The fourth-order valence-electron chi connectivity index (χ4n) is 0.944. The maximum Gasteiger partial charge on any atom is 0.249 e. The zero-order valence-electron chi connectivity index (χ0n) is 8.18. The van der Waals surface area contributed by atoms with Crippen LogP contribution in [-0.4, -0.2) is 15.0 Å². The molecular weight excluding hydrogens is 198 g/mol. The third-order valence-corrected chi connectivity index (χ3v) is 1.61. The van der Waals surface area contributed by atoms with Crippen LogP contribution in [0.1, 0.15) is 20.3 Å². The molecule has 0 saturated heterocycles. The molecule has 2 aromatic heterocycles. The number of hydrogen-bond donors (Lipinski definition) is 3. The Labute approximate surface area is 86.4 Å². The molecule has 14 heavy (non-hydrogen) atoms. The highest BCUT2D eigenvalue weighted by atomic mass is 32.1. The maximum atomic E-state index is 10.8. The van der Waals surface area contributed by atoms with E-state index in [1.165, 1.54) is 12.5 Å². The van der Waals surface area contributed by atoms with Crippen LogP contribution in [0.25, 0.3) is 11.2 Å². The third kappa shape index (κ3) is 2.56. The number of nitrogens with one attached hydrogen (secondary N) is 3. The van der Waals surface area contributed by atoms with Crippen LogP contribution in [0.3, 0.4) is 0 Å². The van der Waals surface area contributed by atoms with Crippen LogP contribution >= 0.6 is 12.2 Å². The summed E-state index contributed by atoms with van der Waals surface area (Å²) in [6, 6.07) is 3.13. The van der Waals surface area contributed by atoms with Crippen molar-refractivity contribution in [1.82, 2.24) is 15.0 Å². The van der Waals surface area contributed by atoms with Gasteiger partial charge in [-0.1, -0.05) is 20.3 Å². The average molecular weight is 211 g/mol. The summed E-state index contributed by atoms with van der Waals surface area (Å²) >= 11 is 4.82. The summed E-state index contributed by atoms with van der Waals surface area (Å²) < 4.78 is 0.516. The first-order chi connectivity index (χ1) is 6.67. The Morgan fingerprint density at radius 2 is 1.86 bits per heavy atom. The normalized spacial score (nSPS) is 9.57. The fourth-order valence-corrected chi connectivity index (χ4v) is 1.16. The smallest absolute Gasteiger partial charge is 0.249 e. The molecule has 4 nitrogen and oxygen atoms in total. The Bertz CT molecular complexity index is 506.